The van der Waals surface area contributed by atoms with Gasteiger partial charge in [0.15, 0.2) is 5.96 Å². The summed E-state index contributed by atoms with van der Waals surface area (Å²) in [6.07, 6.45) is 15.5. The molecule has 7 N–H and O–H groups in total. The van der Waals surface area contributed by atoms with E-state index >= 15 is 0 Å². The Balaban J connectivity index is 0.00000435. The molecule has 14 nitrogen and oxygen atoms in total. The number of halogens is 2. The Labute approximate surface area is 349 Å². The molecule has 0 saturated heterocycles. The highest BCUT2D eigenvalue weighted by Crippen LogP contribution is 2.32. The number of hydrogen-bond acceptors (Lipinski definition) is 9. The van der Waals surface area contributed by atoms with Crippen molar-refractivity contribution in [3.05, 3.63) is 72.3 Å². The van der Waals surface area contributed by atoms with Crippen LogP contribution in [0.1, 0.15) is 102 Å². The molecule has 1 aliphatic carbocycles. The lowest BCUT2D eigenvalue weighted by atomic mass is 9.86. The molecule has 2 atom stereocenters. The third-order valence-corrected chi connectivity index (χ3v) is 10.1. The van der Waals surface area contributed by atoms with E-state index in [2.05, 4.69) is 50.8 Å². The van der Waals surface area contributed by atoms with Crippen molar-refractivity contribution in [2.75, 3.05) is 19.7 Å². The topological polar surface area (TPSA) is 199 Å². The first kappa shape index (κ1) is 47.0. The summed E-state index contributed by atoms with van der Waals surface area (Å²) in [5, 5.41) is 21.0. The van der Waals surface area contributed by atoms with Crippen molar-refractivity contribution in [2.24, 2.45) is 34.0 Å². The van der Waals surface area contributed by atoms with Gasteiger partial charge in [-0.1, -0.05) is 93.1 Å². The minimum absolute atomic E-state index is 0. The van der Waals surface area contributed by atoms with Crippen LogP contribution in [0.2, 0.25) is 0 Å². The predicted molar refractivity (Wildman–Crippen MR) is 230 cm³/mol. The number of rotatable bonds is 23. The monoisotopic (exact) mass is 827 g/mol. The van der Waals surface area contributed by atoms with Gasteiger partial charge in [-0.25, -0.2) is 4.68 Å². The van der Waals surface area contributed by atoms with Crippen LogP contribution in [0.15, 0.2) is 65.9 Å². The number of nitrogens with one attached hydrogen (secondary N) is 1. The van der Waals surface area contributed by atoms with E-state index < -0.39 is 6.04 Å². The smallest absolute Gasteiger partial charge is 0.245 e. The van der Waals surface area contributed by atoms with Crippen molar-refractivity contribution in [1.82, 2.24) is 35.3 Å². The zero-order chi connectivity index (χ0) is 38.8. The number of aliphatic imine (C=N–C) groups is 1. The van der Waals surface area contributed by atoms with Crippen LogP contribution in [0.25, 0.3) is 11.1 Å². The zero-order valence-electron chi connectivity index (χ0n) is 33.5. The molecule has 16 heteroatoms. The maximum atomic E-state index is 14.0. The van der Waals surface area contributed by atoms with Gasteiger partial charge in [0.2, 0.25) is 5.91 Å². The Kier molecular flexibility index (Phi) is 20.7. The van der Waals surface area contributed by atoms with Gasteiger partial charge in [0.05, 0.1) is 25.0 Å². The molecule has 0 unspecified atom stereocenters. The van der Waals surface area contributed by atoms with Gasteiger partial charge in [-0.3, -0.25) is 14.5 Å². The summed E-state index contributed by atoms with van der Waals surface area (Å²) in [5.74, 6) is 2.67. The lowest BCUT2D eigenvalue weighted by molar-refractivity contribution is -0.125. The Hall–Kier alpha value is -4.40. The zero-order valence-corrected chi connectivity index (χ0v) is 35.1. The Morgan fingerprint density at radius 2 is 1.70 bits per heavy atom. The molecule has 1 aliphatic rings. The number of ether oxygens (including phenoxy) is 2. The third-order valence-electron chi connectivity index (χ3n) is 10.1. The number of carbonyl (C=O) groups is 1. The van der Waals surface area contributed by atoms with Gasteiger partial charge in [0.1, 0.15) is 29.8 Å². The number of hydrogen-bond donors (Lipinski definition) is 4. The Bertz CT molecular complexity index is 1770. The average Bonchev–Trinajstić information content (AvgIpc) is 3.83. The molecule has 0 aliphatic heterocycles. The first-order valence-electron chi connectivity index (χ1n) is 20.1. The van der Waals surface area contributed by atoms with Crippen LogP contribution in [0.4, 0.5) is 0 Å². The van der Waals surface area contributed by atoms with Gasteiger partial charge in [0.25, 0.3) is 0 Å². The molecule has 1 amide bonds. The van der Waals surface area contributed by atoms with E-state index in [4.69, 9.17) is 26.7 Å². The first-order valence-corrected chi connectivity index (χ1v) is 20.1. The van der Waals surface area contributed by atoms with Gasteiger partial charge >= 0.3 is 0 Å². The van der Waals surface area contributed by atoms with Gasteiger partial charge in [0, 0.05) is 24.3 Å². The number of unbranched alkanes of at least 4 members (excludes halogenated alkanes) is 1. The predicted octanol–water partition coefficient (Wildman–Crippen LogP) is 6.42. The molecular formula is C41H63Cl2N11O3. The van der Waals surface area contributed by atoms with Gasteiger partial charge < -0.3 is 32.0 Å². The van der Waals surface area contributed by atoms with E-state index in [0.29, 0.717) is 56.6 Å². The molecule has 0 radical (unpaired) electrons. The van der Waals surface area contributed by atoms with Crippen molar-refractivity contribution in [3.8, 4) is 22.6 Å². The lowest BCUT2D eigenvalue weighted by Gasteiger charge is -2.23. The van der Waals surface area contributed by atoms with E-state index in [1.807, 2.05) is 54.9 Å². The van der Waals surface area contributed by atoms with E-state index in [1.54, 1.807) is 9.36 Å². The Morgan fingerprint density at radius 1 is 0.912 bits per heavy atom. The number of amides is 1. The van der Waals surface area contributed by atoms with Crippen LogP contribution in [-0.4, -0.2) is 67.6 Å². The second-order valence-electron chi connectivity index (χ2n) is 15.1. The summed E-state index contributed by atoms with van der Waals surface area (Å²) in [5.41, 5.74) is 20.5. The largest absolute Gasteiger partial charge is 0.494 e. The fourth-order valence-corrected chi connectivity index (χ4v) is 7.03. The van der Waals surface area contributed by atoms with Crippen LogP contribution in [0.5, 0.6) is 11.5 Å². The summed E-state index contributed by atoms with van der Waals surface area (Å²) < 4.78 is 15.8. The Morgan fingerprint density at radius 3 is 2.47 bits per heavy atom. The van der Waals surface area contributed by atoms with Crippen LogP contribution in [0, 0.1) is 11.8 Å². The maximum Gasteiger partial charge on any atom is 0.245 e. The quantitative estimate of drug-likeness (QED) is 0.0368. The standard InChI is InChI=1S/C41H61N11O3.2ClH/c1-30(2)20-23-54-36-16-10-14-32(25-36)37-17-6-7-19-39(37)55-29-35-27-51(49-48-35)26-33(15-8-9-21-42)46-40(53)38(18-11-22-45-41(43)44)52-28-34(47-50-52)24-31-12-4-3-5-13-31;;/h6-7,10,14,16-17,19,25,27-28,30-31,33,38H,3-5,8-9,11-13,15,18,20-24,26,29,42H2,1-2H3,(H,46,53)(H4,43,44,45);2*1H/t33-,38-;;/m1../s1. The molecule has 2 aromatic heterocycles. The van der Waals surface area contributed by atoms with Crippen molar-refractivity contribution < 1.29 is 14.3 Å². The lowest BCUT2D eigenvalue weighted by Crippen LogP contribution is -2.42. The van der Waals surface area contributed by atoms with Crippen molar-refractivity contribution in [1.29, 1.82) is 0 Å². The summed E-state index contributed by atoms with van der Waals surface area (Å²) in [6, 6.07) is 15.3. The van der Waals surface area contributed by atoms with E-state index in [9.17, 15) is 4.79 Å². The van der Waals surface area contributed by atoms with Crippen LogP contribution in [-0.2, 0) is 24.4 Å². The first-order chi connectivity index (χ1) is 26.8. The number of guanidine groups is 1. The molecule has 5 rings (SSSR count). The van der Waals surface area contributed by atoms with E-state index in [-0.39, 0.29) is 49.3 Å². The van der Waals surface area contributed by atoms with E-state index in [0.717, 1.165) is 60.4 Å². The third kappa shape index (κ3) is 15.8. The number of aromatic nitrogens is 6. The molecule has 2 heterocycles. The maximum absolute atomic E-state index is 14.0. The molecule has 1 saturated carbocycles. The van der Waals surface area contributed by atoms with Gasteiger partial charge in [-0.2, -0.15) is 0 Å². The molecular weight excluding hydrogens is 765 g/mol. The second-order valence-corrected chi connectivity index (χ2v) is 15.1. The number of para-hydroxylation sites is 1. The molecule has 57 heavy (non-hydrogen) atoms. The summed E-state index contributed by atoms with van der Waals surface area (Å²) in [7, 11) is 0. The fourth-order valence-electron chi connectivity index (χ4n) is 7.03. The normalized spacial score (nSPS) is 13.9. The van der Waals surface area contributed by atoms with Crippen molar-refractivity contribution in [2.45, 2.75) is 116 Å². The highest BCUT2D eigenvalue weighted by atomic mass is 35.5. The number of nitrogens with zero attached hydrogens (tertiary/aromatic N) is 7. The second kappa shape index (κ2) is 25.1. The van der Waals surface area contributed by atoms with Gasteiger partial charge in [-0.05, 0) is 80.7 Å². The minimum atomic E-state index is -0.564. The van der Waals surface area contributed by atoms with Crippen LogP contribution >= 0.6 is 24.8 Å². The van der Waals surface area contributed by atoms with Gasteiger partial charge in [-0.15, -0.1) is 35.0 Å². The molecule has 0 spiro atoms. The highest BCUT2D eigenvalue weighted by Gasteiger charge is 2.26. The van der Waals surface area contributed by atoms with Crippen molar-refractivity contribution in [3.63, 3.8) is 0 Å². The number of nitrogens with two attached hydrogens (primary N) is 3. The summed E-state index contributed by atoms with van der Waals surface area (Å²) >= 11 is 0. The minimum Gasteiger partial charge on any atom is -0.494 e. The van der Waals surface area contributed by atoms with Crippen LogP contribution < -0.4 is 32.0 Å². The summed E-state index contributed by atoms with van der Waals surface area (Å²) in [6.45, 7) is 6.74. The number of benzene rings is 2. The number of carbonyl (C=O) groups excluding carboxylic acids is 1. The molecule has 0 bridgehead atoms. The molecule has 314 valence electrons. The van der Waals surface area contributed by atoms with E-state index in [1.165, 1.54) is 32.1 Å². The molecule has 1 fully saturated rings. The highest BCUT2D eigenvalue weighted by molar-refractivity contribution is 5.85. The summed E-state index contributed by atoms with van der Waals surface area (Å²) in [4.78, 5) is 18.2. The SMILES string of the molecule is CC(C)CCOc1cccc(-c2ccccc2OCc2cn(C[C@@H](CCCCN)NC(=O)[C@@H](CCCN=C(N)N)n3cc(CC4CCCCC4)nn3)nn2)c1.Cl.Cl. The van der Waals surface area contributed by atoms with Crippen LogP contribution in [0.3, 0.4) is 0 Å². The molecule has 2 aromatic carbocycles. The average molecular weight is 829 g/mol. The fraction of sp³-hybridized carbons (Fsp3) is 0.561. The van der Waals surface area contributed by atoms with Crippen molar-refractivity contribution >= 4 is 36.7 Å². The molecule has 4 aromatic rings.